The molecule has 1 fully saturated rings. The lowest BCUT2D eigenvalue weighted by atomic mass is 10.1. The predicted molar refractivity (Wildman–Crippen MR) is 113 cm³/mol. The molecular formula is C22H30N4O2. The number of fused-ring (bicyclic) bond motifs is 1. The van der Waals surface area contributed by atoms with Crippen LogP contribution in [0.3, 0.4) is 0 Å². The van der Waals surface area contributed by atoms with Gasteiger partial charge >= 0.3 is 0 Å². The number of hydrogen-bond acceptors (Lipinski definition) is 6. The van der Waals surface area contributed by atoms with E-state index in [-0.39, 0.29) is 0 Å². The highest BCUT2D eigenvalue weighted by atomic mass is 16.5. The molecular weight excluding hydrogens is 352 g/mol. The number of nitrogens with one attached hydrogen (secondary N) is 2. The fourth-order valence-electron chi connectivity index (χ4n) is 3.95. The molecule has 3 heterocycles. The molecule has 0 unspecified atom stereocenters. The van der Waals surface area contributed by atoms with E-state index in [0.717, 1.165) is 60.4 Å². The van der Waals surface area contributed by atoms with E-state index in [1.54, 1.807) is 0 Å². The van der Waals surface area contributed by atoms with Crippen molar-refractivity contribution in [2.75, 3.05) is 50.5 Å². The number of likely N-dealkylation sites (tertiary alicyclic amines) is 1. The molecule has 6 nitrogen and oxygen atoms in total. The van der Waals surface area contributed by atoms with Crippen LogP contribution in [0, 0.1) is 6.92 Å². The minimum absolute atomic E-state index is 0.711. The molecule has 4 rings (SSSR count). The van der Waals surface area contributed by atoms with Crippen molar-refractivity contribution in [2.45, 2.75) is 32.6 Å². The van der Waals surface area contributed by atoms with E-state index < -0.39 is 0 Å². The molecule has 0 atom stereocenters. The number of pyridine rings is 1. The van der Waals surface area contributed by atoms with E-state index in [0.29, 0.717) is 6.61 Å². The van der Waals surface area contributed by atoms with E-state index in [1.807, 2.05) is 32.2 Å². The Labute approximate surface area is 167 Å². The molecule has 0 amide bonds. The standard InChI is InChI=1S/C22H30N4O2/c1-16-12-18(23-2)15-21(24-16)25-19-13-17-6-11-28-22(17)20(14-19)27-10-5-9-26-7-3-4-8-26/h12-15H,3-11H2,1-2H3,(H2,23,24,25). The molecule has 0 radical (unpaired) electrons. The normalized spacial score (nSPS) is 15.9. The van der Waals surface area contributed by atoms with Crippen molar-refractivity contribution in [3.8, 4) is 11.5 Å². The Bertz CT molecular complexity index is 818. The molecule has 0 aliphatic carbocycles. The van der Waals surface area contributed by atoms with Gasteiger partial charge < -0.3 is 25.0 Å². The van der Waals surface area contributed by atoms with Gasteiger partial charge in [0.2, 0.25) is 0 Å². The summed E-state index contributed by atoms with van der Waals surface area (Å²) in [5.74, 6) is 2.56. The maximum Gasteiger partial charge on any atom is 0.164 e. The lowest BCUT2D eigenvalue weighted by molar-refractivity contribution is 0.251. The molecule has 2 N–H and O–H groups in total. The SMILES string of the molecule is CNc1cc(C)nc(Nc2cc3c(c(OCCCN4CCCC4)c2)OCC3)c1. The summed E-state index contributed by atoms with van der Waals surface area (Å²) >= 11 is 0. The summed E-state index contributed by atoms with van der Waals surface area (Å²) in [7, 11) is 1.92. The van der Waals surface area contributed by atoms with Crippen molar-refractivity contribution in [1.82, 2.24) is 9.88 Å². The predicted octanol–water partition coefficient (Wildman–Crippen LogP) is 3.97. The first-order valence-corrected chi connectivity index (χ1v) is 10.3. The van der Waals surface area contributed by atoms with Crippen molar-refractivity contribution in [1.29, 1.82) is 0 Å². The number of aryl methyl sites for hydroxylation is 1. The van der Waals surface area contributed by atoms with Crippen LogP contribution in [0.4, 0.5) is 17.2 Å². The van der Waals surface area contributed by atoms with E-state index in [1.165, 1.54) is 31.5 Å². The van der Waals surface area contributed by atoms with Crippen molar-refractivity contribution in [2.24, 2.45) is 0 Å². The molecule has 2 aliphatic rings. The van der Waals surface area contributed by atoms with Gasteiger partial charge in [-0.05, 0) is 51.4 Å². The van der Waals surface area contributed by atoms with Gasteiger partial charge in [0.25, 0.3) is 0 Å². The smallest absolute Gasteiger partial charge is 0.164 e. The van der Waals surface area contributed by atoms with Crippen LogP contribution in [0.1, 0.15) is 30.5 Å². The van der Waals surface area contributed by atoms with Gasteiger partial charge in [-0.2, -0.15) is 0 Å². The third-order valence-corrected chi connectivity index (χ3v) is 5.34. The molecule has 0 spiro atoms. The number of rotatable bonds is 8. The van der Waals surface area contributed by atoms with Crippen LogP contribution in [-0.2, 0) is 6.42 Å². The first-order valence-electron chi connectivity index (χ1n) is 10.3. The van der Waals surface area contributed by atoms with Gasteiger partial charge in [0, 0.05) is 54.8 Å². The molecule has 0 bridgehead atoms. The number of ether oxygens (including phenoxy) is 2. The Morgan fingerprint density at radius 3 is 2.82 bits per heavy atom. The van der Waals surface area contributed by atoms with Gasteiger partial charge in [-0.3, -0.25) is 0 Å². The fraction of sp³-hybridized carbons (Fsp3) is 0.500. The van der Waals surface area contributed by atoms with Gasteiger partial charge in [-0.1, -0.05) is 0 Å². The monoisotopic (exact) mass is 382 g/mol. The second-order valence-corrected chi connectivity index (χ2v) is 7.57. The molecule has 6 heteroatoms. The van der Waals surface area contributed by atoms with Gasteiger partial charge in [-0.25, -0.2) is 4.98 Å². The van der Waals surface area contributed by atoms with E-state index in [2.05, 4.69) is 26.6 Å². The quantitative estimate of drug-likeness (QED) is 0.674. The summed E-state index contributed by atoms with van der Waals surface area (Å²) in [5, 5.41) is 6.61. The van der Waals surface area contributed by atoms with Crippen molar-refractivity contribution in [3.63, 3.8) is 0 Å². The maximum atomic E-state index is 6.13. The van der Waals surface area contributed by atoms with Crippen LogP contribution in [0.15, 0.2) is 24.3 Å². The maximum absolute atomic E-state index is 6.13. The van der Waals surface area contributed by atoms with Crippen molar-refractivity contribution >= 4 is 17.2 Å². The van der Waals surface area contributed by atoms with Crippen molar-refractivity contribution < 1.29 is 9.47 Å². The zero-order chi connectivity index (χ0) is 19.3. The summed E-state index contributed by atoms with van der Waals surface area (Å²) in [5.41, 5.74) is 4.19. The highest BCUT2D eigenvalue weighted by Gasteiger charge is 2.20. The zero-order valence-corrected chi connectivity index (χ0v) is 16.9. The molecule has 2 aromatic rings. The van der Waals surface area contributed by atoms with Crippen LogP contribution in [-0.4, -0.2) is 49.8 Å². The summed E-state index contributed by atoms with van der Waals surface area (Å²) in [6, 6.07) is 8.20. The van der Waals surface area contributed by atoms with Crippen LogP contribution < -0.4 is 20.1 Å². The molecule has 150 valence electrons. The van der Waals surface area contributed by atoms with Gasteiger partial charge in [0.15, 0.2) is 11.5 Å². The van der Waals surface area contributed by atoms with Crippen LogP contribution in [0.5, 0.6) is 11.5 Å². The average Bonchev–Trinajstić information content (AvgIpc) is 3.36. The third kappa shape index (κ3) is 4.50. The number of benzene rings is 1. The average molecular weight is 383 g/mol. The lowest BCUT2D eigenvalue weighted by Crippen LogP contribution is -2.21. The Balaban J connectivity index is 1.45. The Hall–Kier alpha value is -2.47. The van der Waals surface area contributed by atoms with Crippen LogP contribution in [0.25, 0.3) is 0 Å². The highest BCUT2D eigenvalue weighted by Crippen LogP contribution is 2.39. The van der Waals surface area contributed by atoms with E-state index in [9.17, 15) is 0 Å². The first-order chi connectivity index (χ1) is 13.7. The molecule has 0 saturated carbocycles. The second-order valence-electron chi connectivity index (χ2n) is 7.57. The highest BCUT2D eigenvalue weighted by molar-refractivity contribution is 5.67. The summed E-state index contributed by atoms with van der Waals surface area (Å²) in [6.45, 7) is 7.00. The van der Waals surface area contributed by atoms with Gasteiger partial charge in [0.1, 0.15) is 5.82 Å². The number of nitrogens with zero attached hydrogens (tertiary/aromatic N) is 2. The third-order valence-electron chi connectivity index (χ3n) is 5.34. The van der Waals surface area contributed by atoms with E-state index in [4.69, 9.17) is 9.47 Å². The minimum Gasteiger partial charge on any atom is -0.490 e. The molecule has 1 aromatic carbocycles. The second kappa shape index (κ2) is 8.69. The minimum atomic E-state index is 0.711. The molecule has 1 aromatic heterocycles. The molecule has 2 aliphatic heterocycles. The van der Waals surface area contributed by atoms with Crippen LogP contribution >= 0.6 is 0 Å². The first kappa shape index (κ1) is 18.9. The summed E-state index contributed by atoms with van der Waals surface area (Å²) in [4.78, 5) is 7.11. The van der Waals surface area contributed by atoms with Crippen molar-refractivity contribution in [3.05, 3.63) is 35.5 Å². The van der Waals surface area contributed by atoms with Gasteiger partial charge in [0.05, 0.1) is 13.2 Å². The molecule has 1 saturated heterocycles. The lowest BCUT2D eigenvalue weighted by Gasteiger charge is -2.16. The zero-order valence-electron chi connectivity index (χ0n) is 16.9. The van der Waals surface area contributed by atoms with Gasteiger partial charge in [-0.15, -0.1) is 0 Å². The van der Waals surface area contributed by atoms with Crippen LogP contribution in [0.2, 0.25) is 0 Å². The fourth-order valence-corrected chi connectivity index (χ4v) is 3.95. The summed E-state index contributed by atoms with van der Waals surface area (Å²) < 4.78 is 12.0. The largest absolute Gasteiger partial charge is 0.490 e. The number of anilines is 3. The van der Waals surface area contributed by atoms with E-state index >= 15 is 0 Å². The topological polar surface area (TPSA) is 58.7 Å². The Kier molecular flexibility index (Phi) is 5.86. The Morgan fingerprint density at radius 2 is 2.00 bits per heavy atom. The molecule has 28 heavy (non-hydrogen) atoms. The number of aromatic nitrogens is 1. The Morgan fingerprint density at radius 1 is 1.14 bits per heavy atom. The number of hydrogen-bond donors (Lipinski definition) is 2. The summed E-state index contributed by atoms with van der Waals surface area (Å²) in [6.07, 6.45) is 4.62.